The van der Waals surface area contributed by atoms with Crippen molar-refractivity contribution in [3.05, 3.63) is 59.7 Å². The molecule has 0 aliphatic carbocycles. The molecule has 0 bridgehead atoms. The standard InChI is InChI=1S/C19H17N3O4S/c1-12-5-3-4-6-15(12)17-21-22-19(26-17)27-11-16(23)20-14-9-7-13(8-10-14)18(24)25-2/h3-10H,11H2,1-2H3,(H,20,23). The molecule has 0 atom stereocenters. The van der Waals surface area contributed by atoms with Crippen LogP contribution in [0.4, 0.5) is 5.69 Å². The van der Waals surface area contributed by atoms with Crippen molar-refractivity contribution < 1.29 is 18.7 Å². The molecule has 138 valence electrons. The Kier molecular flexibility index (Phi) is 5.87. The van der Waals surface area contributed by atoms with E-state index in [1.54, 1.807) is 24.3 Å². The predicted molar refractivity (Wildman–Crippen MR) is 102 cm³/mol. The van der Waals surface area contributed by atoms with Crippen molar-refractivity contribution in [1.29, 1.82) is 0 Å². The molecule has 0 aliphatic heterocycles. The first-order valence-corrected chi connectivity index (χ1v) is 9.06. The molecule has 0 radical (unpaired) electrons. The molecule has 0 unspecified atom stereocenters. The highest BCUT2D eigenvalue weighted by Crippen LogP contribution is 2.25. The first-order valence-electron chi connectivity index (χ1n) is 8.07. The second-order valence-electron chi connectivity index (χ2n) is 5.59. The summed E-state index contributed by atoms with van der Waals surface area (Å²) in [5.74, 6) is -0.103. The van der Waals surface area contributed by atoms with Crippen molar-refractivity contribution in [2.45, 2.75) is 12.1 Å². The molecule has 1 heterocycles. The number of anilines is 1. The number of rotatable bonds is 6. The van der Waals surface area contributed by atoms with E-state index in [4.69, 9.17) is 4.42 Å². The van der Waals surface area contributed by atoms with Crippen molar-refractivity contribution in [3.63, 3.8) is 0 Å². The number of methoxy groups -OCH3 is 1. The zero-order valence-electron chi connectivity index (χ0n) is 14.8. The molecule has 7 nitrogen and oxygen atoms in total. The molecule has 0 saturated carbocycles. The number of nitrogens with zero attached hydrogens (tertiary/aromatic N) is 2. The van der Waals surface area contributed by atoms with Gasteiger partial charge in [-0.05, 0) is 42.8 Å². The zero-order valence-corrected chi connectivity index (χ0v) is 15.6. The minimum atomic E-state index is -0.427. The number of ether oxygens (including phenoxy) is 1. The maximum absolute atomic E-state index is 12.1. The van der Waals surface area contributed by atoms with Crippen LogP contribution >= 0.6 is 11.8 Å². The van der Waals surface area contributed by atoms with Crippen LogP contribution in [0.15, 0.2) is 58.2 Å². The highest BCUT2D eigenvalue weighted by atomic mass is 32.2. The van der Waals surface area contributed by atoms with Crippen LogP contribution in [0.2, 0.25) is 0 Å². The molecule has 0 aliphatic rings. The average molecular weight is 383 g/mol. The maximum Gasteiger partial charge on any atom is 0.337 e. The maximum atomic E-state index is 12.1. The van der Waals surface area contributed by atoms with E-state index in [0.29, 0.717) is 22.4 Å². The van der Waals surface area contributed by atoms with Gasteiger partial charge < -0.3 is 14.5 Å². The highest BCUT2D eigenvalue weighted by Gasteiger charge is 2.13. The summed E-state index contributed by atoms with van der Waals surface area (Å²) in [5.41, 5.74) is 2.90. The summed E-state index contributed by atoms with van der Waals surface area (Å²) in [5, 5.41) is 11.1. The van der Waals surface area contributed by atoms with Crippen molar-refractivity contribution in [3.8, 4) is 11.5 Å². The van der Waals surface area contributed by atoms with E-state index in [0.717, 1.165) is 22.9 Å². The van der Waals surface area contributed by atoms with Gasteiger partial charge in [0.15, 0.2) is 0 Å². The van der Waals surface area contributed by atoms with Crippen molar-refractivity contribution >= 4 is 29.3 Å². The lowest BCUT2D eigenvalue weighted by atomic mass is 10.1. The number of benzene rings is 2. The number of hydrogen-bond donors (Lipinski definition) is 1. The number of hydrogen-bond acceptors (Lipinski definition) is 7. The molecule has 1 amide bonds. The average Bonchev–Trinajstić information content (AvgIpc) is 3.15. The van der Waals surface area contributed by atoms with E-state index in [1.165, 1.54) is 7.11 Å². The fraction of sp³-hybridized carbons (Fsp3) is 0.158. The quantitative estimate of drug-likeness (QED) is 0.514. The Morgan fingerprint density at radius 3 is 2.56 bits per heavy atom. The second-order valence-corrected chi connectivity index (χ2v) is 6.52. The molecule has 0 fully saturated rings. The van der Waals surface area contributed by atoms with E-state index in [2.05, 4.69) is 20.3 Å². The van der Waals surface area contributed by atoms with E-state index >= 15 is 0 Å². The lowest BCUT2D eigenvalue weighted by Gasteiger charge is -2.05. The summed E-state index contributed by atoms with van der Waals surface area (Å²) in [6.07, 6.45) is 0. The number of aryl methyl sites for hydroxylation is 1. The number of amides is 1. The molecule has 3 aromatic rings. The van der Waals surface area contributed by atoms with E-state index in [9.17, 15) is 9.59 Å². The third-order valence-corrected chi connectivity index (χ3v) is 4.52. The lowest BCUT2D eigenvalue weighted by Crippen LogP contribution is -2.14. The molecular weight excluding hydrogens is 366 g/mol. The minimum Gasteiger partial charge on any atom is -0.465 e. The normalized spacial score (nSPS) is 10.4. The van der Waals surface area contributed by atoms with E-state index in [1.807, 2.05) is 31.2 Å². The molecule has 3 rings (SSSR count). The Morgan fingerprint density at radius 1 is 1.11 bits per heavy atom. The van der Waals surface area contributed by atoms with Gasteiger partial charge in [0, 0.05) is 11.3 Å². The Hall–Kier alpha value is -3.13. The van der Waals surface area contributed by atoms with Gasteiger partial charge in [0.25, 0.3) is 5.22 Å². The fourth-order valence-electron chi connectivity index (χ4n) is 2.32. The van der Waals surface area contributed by atoms with Crippen molar-refractivity contribution in [2.75, 3.05) is 18.2 Å². The first kappa shape index (κ1) is 18.7. The van der Waals surface area contributed by atoms with E-state index < -0.39 is 5.97 Å². The van der Waals surface area contributed by atoms with Crippen LogP contribution in [-0.4, -0.2) is 34.9 Å². The Balaban J connectivity index is 1.55. The van der Waals surface area contributed by atoms with Crippen LogP contribution in [0, 0.1) is 6.92 Å². The number of thioether (sulfide) groups is 1. The SMILES string of the molecule is COC(=O)c1ccc(NC(=O)CSc2nnc(-c3ccccc3C)o2)cc1. The Morgan fingerprint density at radius 2 is 1.85 bits per heavy atom. The van der Waals surface area contributed by atoms with Gasteiger partial charge in [-0.3, -0.25) is 4.79 Å². The van der Waals surface area contributed by atoms with Gasteiger partial charge in [0.1, 0.15) is 0 Å². The van der Waals surface area contributed by atoms with Crippen LogP contribution < -0.4 is 5.32 Å². The first-order chi connectivity index (χ1) is 13.1. The number of carbonyl (C=O) groups is 2. The summed E-state index contributed by atoms with van der Waals surface area (Å²) >= 11 is 1.15. The van der Waals surface area contributed by atoms with Gasteiger partial charge in [-0.1, -0.05) is 30.0 Å². The topological polar surface area (TPSA) is 94.3 Å². The van der Waals surface area contributed by atoms with Gasteiger partial charge >= 0.3 is 5.97 Å². The Bertz CT molecular complexity index is 954. The Labute approximate surface area is 160 Å². The number of nitrogens with one attached hydrogen (secondary N) is 1. The molecule has 8 heteroatoms. The molecule has 0 saturated heterocycles. The number of aromatic nitrogens is 2. The third kappa shape index (κ3) is 4.73. The summed E-state index contributed by atoms with van der Waals surface area (Å²) in [6.45, 7) is 1.96. The lowest BCUT2D eigenvalue weighted by molar-refractivity contribution is -0.113. The van der Waals surface area contributed by atoms with E-state index in [-0.39, 0.29) is 11.7 Å². The van der Waals surface area contributed by atoms with Crippen LogP contribution in [0.5, 0.6) is 0 Å². The molecule has 2 aromatic carbocycles. The smallest absolute Gasteiger partial charge is 0.337 e. The molecule has 1 N–H and O–H groups in total. The van der Waals surface area contributed by atoms with Crippen LogP contribution in [-0.2, 0) is 9.53 Å². The summed E-state index contributed by atoms with van der Waals surface area (Å²) < 4.78 is 10.2. The molecule has 1 aromatic heterocycles. The molecule has 27 heavy (non-hydrogen) atoms. The fourth-order valence-corrected chi connectivity index (χ4v) is 2.88. The minimum absolute atomic E-state index is 0.119. The van der Waals surface area contributed by atoms with Crippen LogP contribution in [0.1, 0.15) is 15.9 Å². The van der Waals surface area contributed by atoms with Gasteiger partial charge in [-0.2, -0.15) is 0 Å². The molecular formula is C19H17N3O4S. The molecule has 0 spiro atoms. The van der Waals surface area contributed by atoms with Crippen LogP contribution in [0.25, 0.3) is 11.5 Å². The number of esters is 1. The van der Waals surface area contributed by atoms with Gasteiger partial charge in [0.2, 0.25) is 11.8 Å². The zero-order chi connectivity index (χ0) is 19.2. The predicted octanol–water partition coefficient (Wildman–Crippen LogP) is 3.56. The second kappa shape index (κ2) is 8.50. The largest absolute Gasteiger partial charge is 0.465 e. The summed E-state index contributed by atoms with van der Waals surface area (Å²) in [4.78, 5) is 23.5. The third-order valence-electron chi connectivity index (χ3n) is 3.70. The van der Waals surface area contributed by atoms with Gasteiger partial charge in [0.05, 0.1) is 18.4 Å². The van der Waals surface area contributed by atoms with Crippen LogP contribution in [0.3, 0.4) is 0 Å². The monoisotopic (exact) mass is 383 g/mol. The summed E-state index contributed by atoms with van der Waals surface area (Å²) in [7, 11) is 1.32. The highest BCUT2D eigenvalue weighted by molar-refractivity contribution is 7.99. The number of carbonyl (C=O) groups excluding carboxylic acids is 2. The van der Waals surface area contributed by atoms with Gasteiger partial charge in [-0.15, -0.1) is 10.2 Å². The van der Waals surface area contributed by atoms with Crippen molar-refractivity contribution in [1.82, 2.24) is 10.2 Å². The van der Waals surface area contributed by atoms with Crippen molar-refractivity contribution in [2.24, 2.45) is 0 Å². The van der Waals surface area contributed by atoms with Gasteiger partial charge in [-0.25, -0.2) is 4.79 Å². The summed E-state index contributed by atoms with van der Waals surface area (Å²) in [6, 6.07) is 14.1.